The van der Waals surface area contributed by atoms with Crippen LogP contribution in [0.25, 0.3) is 0 Å². The van der Waals surface area contributed by atoms with Crippen LogP contribution in [0.5, 0.6) is 0 Å². The fourth-order valence-corrected chi connectivity index (χ4v) is 1.99. The van der Waals surface area contributed by atoms with Gasteiger partial charge in [-0.15, -0.1) is 5.10 Å². The van der Waals surface area contributed by atoms with Crippen molar-refractivity contribution in [2.24, 2.45) is 5.73 Å². The topological polar surface area (TPSA) is 80.9 Å². The Morgan fingerprint density at radius 1 is 1.47 bits per heavy atom. The van der Waals surface area contributed by atoms with E-state index in [0.29, 0.717) is 23.1 Å². The lowest BCUT2D eigenvalue weighted by molar-refractivity contribution is 0.687. The van der Waals surface area contributed by atoms with Crippen LogP contribution in [0.4, 0.5) is 5.82 Å². The van der Waals surface area contributed by atoms with Gasteiger partial charge < -0.3 is 11.1 Å². The predicted molar refractivity (Wildman–Crippen MR) is 74.8 cm³/mol. The highest BCUT2D eigenvalue weighted by atomic mass is 32.2. The predicted octanol–water partition coefficient (Wildman–Crippen LogP) is 0.518. The Morgan fingerprint density at radius 2 is 2.12 bits per heavy atom. The van der Waals surface area contributed by atoms with E-state index in [1.165, 1.54) is 0 Å². The van der Waals surface area contributed by atoms with Crippen LogP contribution in [0.15, 0.2) is 0 Å². The molecule has 1 aromatic rings. The molecule has 1 aromatic heterocycles. The monoisotopic (exact) mass is 272 g/mol. The standard InChI is InChI=1S/C10H16N4OS2/c1-6-7(2)13-14-10(8(6)9(11)16)12-4-5-17(3)15/h4-5H2,1-3H3,(H2,11,16)(H,12,14). The molecule has 1 rings (SSSR count). The molecule has 0 bridgehead atoms. The van der Waals surface area contributed by atoms with Crippen LogP contribution in [-0.4, -0.2) is 37.9 Å². The van der Waals surface area contributed by atoms with Gasteiger partial charge in [0, 0.05) is 29.4 Å². The zero-order valence-electron chi connectivity index (χ0n) is 10.1. The number of aromatic nitrogens is 2. The molecule has 0 saturated heterocycles. The normalized spacial score (nSPS) is 12.2. The Hall–Kier alpha value is -1.08. The Bertz CT molecular complexity index is 462. The molecule has 0 aromatic carbocycles. The lowest BCUT2D eigenvalue weighted by Gasteiger charge is -2.12. The quantitative estimate of drug-likeness (QED) is 0.761. The molecule has 0 fully saturated rings. The smallest absolute Gasteiger partial charge is 0.159 e. The van der Waals surface area contributed by atoms with E-state index in [0.717, 1.165) is 16.8 Å². The van der Waals surface area contributed by atoms with Gasteiger partial charge in [-0.3, -0.25) is 4.21 Å². The van der Waals surface area contributed by atoms with Gasteiger partial charge >= 0.3 is 0 Å². The van der Waals surface area contributed by atoms with Crippen LogP contribution in [0.1, 0.15) is 16.8 Å². The third-order valence-corrected chi connectivity index (χ3v) is 3.37. The minimum absolute atomic E-state index is 0.292. The van der Waals surface area contributed by atoms with Gasteiger partial charge in [0.1, 0.15) is 4.99 Å². The molecule has 0 spiro atoms. The van der Waals surface area contributed by atoms with E-state index in [9.17, 15) is 4.21 Å². The number of aryl methyl sites for hydroxylation is 1. The average Bonchev–Trinajstić information content (AvgIpc) is 2.22. The van der Waals surface area contributed by atoms with Gasteiger partial charge in [-0.1, -0.05) is 12.2 Å². The van der Waals surface area contributed by atoms with Gasteiger partial charge in [-0.2, -0.15) is 5.10 Å². The van der Waals surface area contributed by atoms with Crippen molar-refractivity contribution < 1.29 is 4.21 Å². The van der Waals surface area contributed by atoms with E-state index in [1.54, 1.807) is 6.26 Å². The number of anilines is 1. The number of nitrogens with zero attached hydrogens (tertiary/aromatic N) is 2. The van der Waals surface area contributed by atoms with Crippen molar-refractivity contribution in [1.82, 2.24) is 10.2 Å². The van der Waals surface area contributed by atoms with E-state index in [2.05, 4.69) is 15.5 Å². The molecule has 0 aliphatic rings. The van der Waals surface area contributed by atoms with E-state index < -0.39 is 10.8 Å². The fourth-order valence-electron chi connectivity index (χ4n) is 1.35. The van der Waals surface area contributed by atoms with Crippen LogP contribution in [0.2, 0.25) is 0 Å². The second-order valence-electron chi connectivity index (χ2n) is 3.70. The lowest BCUT2D eigenvalue weighted by atomic mass is 10.1. The van der Waals surface area contributed by atoms with Crippen LogP contribution in [-0.2, 0) is 10.8 Å². The number of hydrogen-bond acceptors (Lipinski definition) is 5. The van der Waals surface area contributed by atoms with E-state index >= 15 is 0 Å². The summed E-state index contributed by atoms with van der Waals surface area (Å²) in [6.07, 6.45) is 1.65. The number of thiocarbonyl (C=S) groups is 1. The number of nitrogens with one attached hydrogen (secondary N) is 1. The summed E-state index contributed by atoms with van der Waals surface area (Å²) < 4.78 is 11.0. The van der Waals surface area contributed by atoms with Gasteiger partial charge in [-0.05, 0) is 19.4 Å². The third kappa shape index (κ3) is 3.71. The Morgan fingerprint density at radius 3 is 2.65 bits per heavy atom. The average molecular weight is 272 g/mol. The second kappa shape index (κ2) is 6.02. The molecule has 3 N–H and O–H groups in total. The summed E-state index contributed by atoms with van der Waals surface area (Å²) in [6.45, 7) is 4.31. The molecule has 1 unspecified atom stereocenters. The summed E-state index contributed by atoms with van der Waals surface area (Å²) in [5.41, 5.74) is 8.12. The molecule has 0 aliphatic carbocycles. The van der Waals surface area contributed by atoms with Crippen molar-refractivity contribution in [1.29, 1.82) is 0 Å². The Balaban J connectivity index is 2.95. The Labute approximate surface area is 109 Å². The lowest BCUT2D eigenvalue weighted by Crippen LogP contribution is -2.20. The molecule has 0 saturated carbocycles. The molecule has 17 heavy (non-hydrogen) atoms. The number of nitrogens with two attached hydrogens (primary N) is 1. The maximum atomic E-state index is 11.0. The molecule has 0 amide bonds. The maximum Gasteiger partial charge on any atom is 0.159 e. The first-order valence-electron chi connectivity index (χ1n) is 5.11. The summed E-state index contributed by atoms with van der Waals surface area (Å²) in [4.78, 5) is 0.292. The first kappa shape index (κ1) is 14.0. The largest absolute Gasteiger partial charge is 0.389 e. The van der Waals surface area contributed by atoms with Gasteiger partial charge in [0.05, 0.1) is 11.3 Å². The van der Waals surface area contributed by atoms with E-state index in [1.807, 2.05) is 13.8 Å². The van der Waals surface area contributed by atoms with E-state index in [-0.39, 0.29) is 0 Å². The fraction of sp³-hybridized carbons (Fsp3) is 0.500. The highest BCUT2D eigenvalue weighted by molar-refractivity contribution is 7.84. The van der Waals surface area contributed by atoms with Gasteiger partial charge in [0.2, 0.25) is 0 Å². The highest BCUT2D eigenvalue weighted by Crippen LogP contribution is 2.17. The number of rotatable bonds is 5. The molecular weight excluding hydrogens is 256 g/mol. The SMILES string of the molecule is Cc1nnc(NCCS(C)=O)c(C(N)=S)c1C. The van der Waals surface area contributed by atoms with Gasteiger partial charge in [-0.25, -0.2) is 0 Å². The zero-order chi connectivity index (χ0) is 13.0. The summed E-state index contributed by atoms with van der Waals surface area (Å²) in [6, 6.07) is 0. The molecule has 0 radical (unpaired) electrons. The van der Waals surface area contributed by atoms with Crippen LogP contribution in [0.3, 0.4) is 0 Å². The van der Waals surface area contributed by atoms with Crippen molar-refractivity contribution in [2.45, 2.75) is 13.8 Å². The van der Waals surface area contributed by atoms with Crippen molar-refractivity contribution >= 4 is 33.8 Å². The van der Waals surface area contributed by atoms with Gasteiger partial charge in [0.15, 0.2) is 5.82 Å². The molecule has 1 atom stereocenters. The molecule has 5 nitrogen and oxygen atoms in total. The minimum Gasteiger partial charge on any atom is -0.389 e. The van der Waals surface area contributed by atoms with Crippen LogP contribution >= 0.6 is 12.2 Å². The van der Waals surface area contributed by atoms with Crippen LogP contribution in [0, 0.1) is 13.8 Å². The first-order chi connectivity index (χ1) is 7.93. The number of hydrogen-bond donors (Lipinski definition) is 2. The van der Waals surface area contributed by atoms with Crippen molar-refractivity contribution in [3.8, 4) is 0 Å². The summed E-state index contributed by atoms with van der Waals surface area (Å²) >= 11 is 5.01. The summed E-state index contributed by atoms with van der Waals surface area (Å²) in [7, 11) is -0.841. The second-order valence-corrected chi connectivity index (χ2v) is 5.70. The van der Waals surface area contributed by atoms with E-state index in [4.69, 9.17) is 18.0 Å². The molecular formula is C10H16N4OS2. The third-order valence-electron chi connectivity index (χ3n) is 2.38. The van der Waals surface area contributed by atoms with Crippen molar-refractivity contribution in [3.63, 3.8) is 0 Å². The summed E-state index contributed by atoms with van der Waals surface area (Å²) in [5.74, 6) is 1.11. The van der Waals surface area contributed by atoms with Crippen molar-refractivity contribution in [3.05, 3.63) is 16.8 Å². The zero-order valence-corrected chi connectivity index (χ0v) is 11.7. The van der Waals surface area contributed by atoms with Crippen molar-refractivity contribution in [2.75, 3.05) is 23.9 Å². The minimum atomic E-state index is -0.841. The molecule has 1 heterocycles. The summed E-state index contributed by atoms with van der Waals surface area (Å²) in [5, 5.41) is 11.1. The molecule has 0 aliphatic heterocycles. The first-order valence-corrected chi connectivity index (χ1v) is 7.24. The van der Waals surface area contributed by atoms with Crippen LogP contribution < -0.4 is 11.1 Å². The highest BCUT2D eigenvalue weighted by Gasteiger charge is 2.13. The van der Waals surface area contributed by atoms with Gasteiger partial charge in [0.25, 0.3) is 0 Å². The molecule has 94 valence electrons. The molecule has 7 heteroatoms. The maximum absolute atomic E-state index is 11.0. The Kier molecular flexibility index (Phi) is 4.95.